The molecule has 5 atom stereocenters. The van der Waals surface area contributed by atoms with Gasteiger partial charge in [-0.25, -0.2) is 9.59 Å². The van der Waals surface area contributed by atoms with E-state index in [1.54, 1.807) is 20.8 Å². The maximum atomic E-state index is 12.5. The Hall–Kier alpha value is -3.34. The smallest absolute Gasteiger partial charge is 0.480 e. The van der Waals surface area contributed by atoms with E-state index in [4.69, 9.17) is 29.4 Å². The number of rotatable bonds is 15. The number of carbonyl (C=O) groups excluding carboxylic acids is 3. The molecular formula is C29H45NO10. The quantitative estimate of drug-likeness (QED) is 0.156. The molecule has 0 fully saturated rings. The third kappa shape index (κ3) is 11.4. The highest BCUT2D eigenvalue weighted by Gasteiger charge is 2.36. The summed E-state index contributed by atoms with van der Waals surface area (Å²) in [5, 5.41) is 9.77. The second-order valence-electron chi connectivity index (χ2n) is 10.9. The zero-order chi connectivity index (χ0) is 30.6. The summed E-state index contributed by atoms with van der Waals surface area (Å²) in [5.41, 5.74) is 6.47. The number of hydrogen-bond donors (Lipinski definition) is 2. The molecule has 1 rings (SSSR count). The fraction of sp³-hybridized carbons (Fsp3) is 0.655. The van der Waals surface area contributed by atoms with E-state index < -0.39 is 42.3 Å². The van der Waals surface area contributed by atoms with Gasteiger partial charge in [-0.2, -0.15) is 0 Å². The zero-order valence-corrected chi connectivity index (χ0v) is 24.8. The molecule has 0 spiro atoms. The van der Waals surface area contributed by atoms with Gasteiger partial charge in [-0.15, -0.1) is 0 Å². The number of nitrogens with two attached hydrogens (primary N) is 1. The van der Waals surface area contributed by atoms with Gasteiger partial charge in [0.25, 0.3) is 0 Å². The standard InChI is InChI=1S/C29H45NO10/c1-9-10-18(6)27(33)38-20(8)19(7)24(25(30)26(31)32)21-11-12-22(39-28(34)36-14-16(2)3)23(13-21)40-29(35)37-15-17(4)5/h11-13,16-20,24-25H,9-10,14-15,30H2,1-8H3,(H,31,32)/t18?,19?,20?,24?,25-/m0/s1. The van der Waals surface area contributed by atoms with Gasteiger partial charge >= 0.3 is 24.2 Å². The molecule has 40 heavy (non-hydrogen) atoms. The Morgan fingerprint density at radius 3 is 1.85 bits per heavy atom. The average molecular weight is 568 g/mol. The first kappa shape index (κ1) is 34.7. The first-order valence-corrected chi connectivity index (χ1v) is 13.7. The maximum Gasteiger partial charge on any atom is 0.513 e. The van der Waals surface area contributed by atoms with Crippen molar-refractivity contribution in [1.82, 2.24) is 0 Å². The summed E-state index contributed by atoms with van der Waals surface area (Å²) < 4.78 is 26.4. The van der Waals surface area contributed by atoms with Crippen molar-refractivity contribution in [1.29, 1.82) is 0 Å². The number of benzene rings is 1. The summed E-state index contributed by atoms with van der Waals surface area (Å²) in [7, 11) is 0. The molecule has 0 amide bonds. The van der Waals surface area contributed by atoms with Crippen LogP contribution >= 0.6 is 0 Å². The Kier molecular flexibility index (Phi) is 14.5. The number of carboxylic acid groups (broad SMARTS) is 1. The molecule has 0 heterocycles. The Morgan fingerprint density at radius 1 is 0.850 bits per heavy atom. The molecule has 11 heteroatoms. The molecule has 1 aromatic carbocycles. The lowest BCUT2D eigenvalue weighted by atomic mass is 9.79. The summed E-state index contributed by atoms with van der Waals surface area (Å²) in [6.07, 6.45) is -1.26. The second-order valence-corrected chi connectivity index (χ2v) is 10.9. The van der Waals surface area contributed by atoms with Gasteiger partial charge in [-0.3, -0.25) is 9.59 Å². The highest BCUT2D eigenvalue weighted by molar-refractivity contribution is 5.75. The van der Waals surface area contributed by atoms with E-state index in [1.807, 2.05) is 34.6 Å². The van der Waals surface area contributed by atoms with Crippen molar-refractivity contribution in [3.8, 4) is 11.5 Å². The molecule has 0 bridgehead atoms. The minimum atomic E-state index is -1.40. The van der Waals surface area contributed by atoms with E-state index >= 15 is 0 Å². The molecule has 0 aliphatic rings. The molecule has 226 valence electrons. The van der Waals surface area contributed by atoms with Gasteiger partial charge in [0.15, 0.2) is 11.5 Å². The molecule has 3 N–H and O–H groups in total. The molecule has 0 saturated carbocycles. The Morgan fingerprint density at radius 2 is 1.38 bits per heavy atom. The summed E-state index contributed by atoms with van der Waals surface area (Å²) in [5.74, 6) is -3.62. The molecule has 0 radical (unpaired) electrons. The number of ether oxygens (including phenoxy) is 5. The Bertz CT molecular complexity index is 993. The maximum absolute atomic E-state index is 12.5. The highest BCUT2D eigenvalue weighted by Crippen LogP contribution is 2.37. The van der Waals surface area contributed by atoms with Crippen molar-refractivity contribution in [3.63, 3.8) is 0 Å². The van der Waals surface area contributed by atoms with Gasteiger partial charge in [0, 0.05) is 11.8 Å². The number of hydrogen-bond acceptors (Lipinski definition) is 10. The van der Waals surface area contributed by atoms with E-state index in [0.717, 1.165) is 6.42 Å². The fourth-order valence-corrected chi connectivity index (χ4v) is 3.85. The van der Waals surface area contributed by atoms with Crippen LogP contribution in [-0.2, 0) is 23.8 Å². The molecular weight excluding hydrogens is 522 g/mol. The van der Waals surface area contributed by atoms with Gasteiger partial charge in [-0.1, -0.05) is 61.0 Å². The second kappa shape index (κ2) is 16.7. The number of carboxylic acids is 1. The SMILES string of the molecule is CCCC(C)C(=O)OC(C)C(C)C(c1ccc(OC(=O)OCC(C)C)c(OC(=O)OCC(C)C)c1)[C@H](N)C(=O)O. The summed E-state index contributed by atoms with van der Waals surface area (Å²) >= 11 is 0. The molecule has 0 aromatic heterocycles. The van der Waals surface area contributed by atoms with Gasteiger partial charge in [0.2, 0.25) is 0 Å². The van der Waals surface area contributed by atoms with Crippen molar-refractivity contribution in [2.45, 2.75) is 86.3 Å². The third-order valence-corrected chi connectivity index (χ3v) is 6.21. The van der Waals surface area contributed by atoms with Crippen LogP contribution in [0.25, 0.3) is 0 Å². The van der Waals surface area contributed by atoms with E-state index in [0.29, 0.717) is 12.0 Å². The number of esters is 1. The molecule has 1 aromatic rings. The van der Waals surface area contributed by atoms with Crippen molar-refractivity contribution in [2.75, 3.05) is 13.2 Å². The Balaban J connectivity index is 3.41. The minimum Gasteiger partial charge on any atom is -0.480 e. The van der Waals surface area contributed by atoms with Crippen molar-refractivity contribution >= 4 is 24.2 Å². The summed E-state index contributed by atoms with van der Waals surface area (Å²) in [6.45, 7) is 14.8. The van der Waals surface area contributed by atoms with E-state index in [-0.39, 0.29) is 48.4 Å². The van der Waals surface area contributed by atoms with Crippen LogP contribution in [0, 0.1) is 23.7 Å². The summed E-state index contributed by atoms with van der Waals surface area (Å²) in [6, 6.07) is 2.83. The normalized spacial score (nSPS) is 15.0. The number of aliphatic carboxylic acids is 1. The fourth-order valence-electron chi connectivity index (χ4n) is 3.85. The minimum absolute atomic E-state index is 0.0450. The predicted octanol–water partition coefficient (Wildman–Crippen LogP) is 5.53. The summed E-state index contributed by atoms with van der Waals surface area (Å²) in [4.78, 5) is 49.1. The van der Waals surface area contributed by atoms with Gasteiger partial charge < -0.3 is 34.5 Å². The van der Waals surface area contributed by atoms with E-state index in [2.05, 4.69) is 0 Å². The lowest BCUT2D eigenvalue weighted by Gasteiger charge is -2.32. The first-order chi connectivity index (χ1) is 18.7. The van der Waals surface area contributed by atoms with Gasteiger partial charge in [-0.05, 0) is 42.9 Å². The van der Waals surface area contributed by atoms with Crippen LogP contribution in [0.3, 0.4) is 0 Å². The van der Waals surface area contributed by atoms with Crippen LogP contribution in [0.15, 0.2) is 18.2 Å². The lowest BCUT2D eigenvalue weighted by molar-refractivity contribution is -0.155. The van der Waals surface area contributed by atoms with Crippen LogP contribution in [0.4, 0.5) is 9.59 Å². The van der Waals surface area contributed by atoms with Crippen LogP contribution < -0.4 is 15.2 Å². The van der Waals surface area contributed by atoms with Crippen LogP contribution in [0.2, 0.25) is 0 Å². The third-order valence-electron chi connectivity index (χ3n) is 6.21. The lowest BCUT2D eigenvalue weighted by Crippen LogP contribution is -2.43. The largest absolute Gasteiger partial charge is 0.513 e. The molecule has 4 unspecified atom stereocenters. The predicted molar refractivity (Wildman–Crippen MR) is 147 cm³/mol. The monoisotopic (exact) mass is 567 g/mol. The van der Waals surface area contributed by atoms with Gasteiger partial charge in [0.1, 0.15) is 12.1 Å². The van der Waals surface area contributed by atoms with Crippen LogP contribution in [0.1, 0.15) is 79.7 Å². The number of carbonyl (C=O) groups is 4. The van der Waals surface area contributed by atoms with E-state index in [1.165, 1.54) is 18.2 Å². The zero-order valence-electron chi connectivity index (χ0n) is 24.8. The Labute approximate surface area is 236 Å². The molecule has 0 aliphatic carbocycles. The molecule has 11 nitrogen and oxygen atoms in total. The average Bonchev–Trinajstić information content (AvgIpc) is 2.87. The van der Waals surface area contributed by atoms with Crippen molar-refractivity contribution in [2.24, 2.45) is 29.4 Å². The van der Waals surface area contributed by atoms with Crippen LogP contribution in [-0.4, -0.2) is 54.7 Å². The molecule has 0 aliphatic heterocycles. The van der Waals surface area contributed by atoms with Gasteiger partial charge in [0.05, 0.1) is 19.1 Å². The molecule has 0 saturated heterocycles. The topological polar surface area (TPSA) is 161 Å². The van der Waals surface area contributed by atoms with E-state index in [9.17, 15) is 24.3 Å². The highest BCUT2D eigenvalue weighted by atomic mass is 16.7. The first-order valence-electron chi connectivity index (χ1n) is 13.7. The van der Waals surface area contributed by atoms with Crippen molar-refractivity contribution in [3.05, 3.63) is 23.8 Å². The van der Waals surface area contributed by atoms with Crippen LogP contribution in [0.5, 0.6) is 11.5 Å². The van der Waals surface area contributed by atoms with Crippen molar-refractivity contribution < 1.29 is 48.0 Å².